The second-order valence-corrected chi connectivity index (χ2v) is 14.4. The smallest absolute Gasteiger partial charge is 0.352 e. The summed E-state index contributed by atoms with van der Waals surface area (Å²) < 4.78 is 70.9. The third-order valence-corrected chi connectivity index (χ3v) is 10.8. The Bertz CT molecular complexity index is 1870. The molecule has 1 aliphatic rings. The van der Waals surface area contributed by atoms with E-state index in [0.717, 1.165) is 54.5 Å². The summed E-state index contributed by atoms with van der Waals surface area (Å²) in [6.07, 6.45) is -1.23. The SMILES string of the molecule is Cc1ccccc1CN(C(=O)CN(c1ccc(Cl)c(C(F)(F)F)c1)S(=O)(=O)c1ccccc1)[C@@H](Cc1ccccc1)C(=O)NC1CCCC1. The molecule has 4 aromatic carbocycles. The van der Waals surface area contributed by atoms with E-state index in [1.54, 1.807) is 12.1 Å². The van der Waals surface area contributed by atoms with E-state index >= 15 is 0 Å². The van der Waals surface area contributed by atoms with Crippen LogP contribution in [0, 0.1) is 6.92 Å². The van der Waals surface area contributed by atoms with Crippen molar-refractivity contribution in [2.45, 2.75) is 68.7 Å². The van der Waals surface area contributed by atoms with Crippen LogP contribution in [0.15, 0.2) is 108 Å². The van der Waals surface area contributed by atoms with Crippen LogP contribution in [0.4, 0.5) is 18.9 Å². The van der Waals surface area contributed by atoms with Gasteiger partial charge < -0.3 is 10.2 Å². The number of aryl methyl sites for hydroxylation is 1. The van der Waals surface area contributed by atoms with E-state index in [2.05, 4.69) is 5.32 Å². The number of hydrogen-bond acceptors (Lipinski definition) is 4. The van der Waals surface area contributed by atoms with Gasteiger partial charge in [-0.2, -0.15) is 13.2 Å². The quantitative estimate of drug-likeness (QED) is 0.164. The molecule has 12 heteroatoms. The maximum Gasteiger partial charge on any atom is 0.417 e. The van der Waals surface area contributed by atoms with Crippen LogP contribution in [0.2, 0.25) is 5.02 Å². The lowest BCUT2D eigenvalue weighted by atomic mass is 10.0. The summed E-state index contributed by atoms with van der Waals surface area (Å²) in [5.41, 5.74) is 0.696. The first-order valence-corrected chi connectivity index (χ1v) is 17.8. The van der Waals surface area contributed by atoms with Crippen LogP contribution in [0.1, 0.15) is 47.9 Å². The lowest BCUT2D eigenvalue weighted by molar-refractivity contribution is -0.140. The molecule has 1 aliphatic carbocycles. The number of anilines is 1. The van der Waals surface area contributed by atoms with Crippen LogP contribution in [0.5, 0.6) is 0 Å². The number of nitrogens with one attached hydrogen (secondary N) is 1. The zero-order valence-electron chi connectivity index (χ0n) is 26.9. The number of benzene rings is 4. The van der Waals surface area contributed by atoms with E-state index in [1.807, 2.05) is 55.5 Å². The molecule has 0 spiro atoms. The second-order valence-electron chi connectivity index (χ2n) is 12.1. The van der Waals surface area contributed by atoms with Crippen molar-refractivity contribution in [1.82, 2.24) is 10.2 Å². The van der Waals surface area contributed by atoms with Gasteiger partial charge in [0, 0.05) is 19.0 Å². The van der Waals surface area contributed by atoms with Crippen molar-refractivity contribution in [3.05, 3.63) is 130 Å². The number of nitrogens with zero attached hydrogens (tertiary/aromatic N) is 2. The second kappa shape index (κ2) is 15.5. The Labute approximate surface area is 289 Å². The normalized spacial score (nSPS) is 14.3. The Morgan fingerprint density at radius 2 is 1.51 bits per heavy atom. The number of alkyl halides is 3. The summed E-state index contributed by atoms with van der Waals surface area (Å²) in [6, 6.07) is 25.2. The largest absolute Gasteiger partial charge is 0.417 e. The molecule has 7 nitrogen and oxygen atoms in total. The van der Waals surface area contributed by atoms with Crippen molar-refractivity contribution < 1.29 is 31.2 Å². The van der Waals surface area contributed by atoms with Crippen LogP contribution in [-0.2, 0) is 38.8 Å². The molecule has 258 valence electrons. The van der Waals surface area contributed by atoms with Gasteiger partial charge in [-0.05, 0) is 66.8 Å². The number of carbonyl (C=O) groups excluding carboxylic acids is 2. The molecule has 0 unspecified atom stereocenters. The maximum atomic E-state index is 14.6. The highest BCUT2D eigenvalue weighted by atomic mass is 35.5. The Morgan fingerprint density at radius 3 is 2.14 bits per heavy atom. The van der Waals surface area contributed by atoms with Crippen LogP contribution < -0.4 is 9.62 Å². The fourth-order valence-corrected chi connectivity index (χ4v) is 7.68. The summed E-state index contributed by atoms with van der Waals surface area (Å²) in [5.74, 6) is -1.16. The molecule has 4 aromatic rings. The Balaban J connectivity index is 1.61. The molecular formula is C37H37ClF3N3O4S. The number of carbonyl (C=O) groups is 2. The lowest BCUT2D eigenvalue weighted by Crippen LogP contribution is -2.54. The minimum atomic E-state index is -4.89. The van der Waals surface area contributed by atoms with Gasteiger partial charge in [0.2, 0.25) is 11.8 Å². The van der Waals surface area contributed by atoms with Gasteiger partial charge in [-0.25, -0.2) is 8.42 Å². The lowest BCUT2D eigenvalue weighted by Gasteiger charge is -2.34. The molecule has 0 heterocycles. The first-order valence-electron chi connectivity index (χ1n) is 16.0. The first-order chi connectivity index (χ1) is 23.3. The van der Waals surface area contributed by atoms with Crippen molar-refractivity contribution >= 4 is 39.1 Å². The molecule has 1 saturated carbocycles. The molecule has 0 aromatic heterocycles. The zero-order valence-corrected chi connectivity index (χ0v) is 28.4. The molecule has 49 heavy (non-hydrogen) atoms. The molecule has 5 rings (SSSR count). The topological polar surface area (TPSA) is 86.8 Å². The summed E-state index contributed by atoms with van der Waals surface area (Å²) in [7, 11) is -4.59. The van der Waals surface area contributed by atoms with Crippen molar-refractivity contribution in [3.63, 3.8) is 0 Å². The number of rotatable bonds is 12. The Kier molecular flexibility index (Phi) is 11.3. The monoisotopic (exact) mass is 711 g/mol. The average Bonchev–Trinajstić information content (AvgIpc) is 3.59. The van der Waals surface area contributed by atoms with Gasteiger partial charge >= 0.3 is 6.18 Å². The van der Waals surface area contributed by atoms with Crippen molar-refractivity contribution in [2.24, 2.45) is 0 Å². The molecule has 0 radical (unpaired) electrons. The first kappa shape index (κ1) is 35.9. The van der Waals surface area contributed by atoms with E-state index < -0.39 is 51.0 Å². The highest BCUT2D eigenvalue weighted by Gasteiger charge is 2.38. The van der Waals surface area contributed by atoms with Gasteiger partial charge in [-0.15, -0.1) is 0 Å². The van der Waals surface area contributed by atoms with E-state index in [4.69, 9.17) is 11.6 Å². The molecule has 1 N–H and O–H groups in total. The molecular weight excluding hydrogens is 675 g/mol. The molecule has 0 saturated heterocycles. The van der Waals surface area contributed by atoms with Crippen molar-refractivity contribution in [1.29, 1.82) is 0 Å². The van der Waals surface area contributed by atoms with E-state index in [-0.39, 0.29) is 29.8 Å². The third-order valence-electron chi connectivity index (χ3n) is 8.73. The summed E-state index contributed by atoms with van der Waals surface area (Å²) in [6.45, 7) is 0.931. The molecule has 0 aliphatic heterocycles. The zero-order chi connectivity index (χ0) is 35.2. The van der Waals surface area contributed by atoms with Gasteiger partial charge in [0.25, 0.3) is 10.0 Å². The van der Waals surface area contributed by atoms with Crippen LogP contribution in [-0.4, -0.2) is 43.8 Å². The van der Waals surface area contributed by atoms with Crippen molar-refractivity contribution in [3.8, 4) is 0 Å². The van der Waals surface area contributed by atoms with Gasteiger partial charge in [0.15, 0.2) is 0 Å². The van der Waals surface area contributed by atoms with Crippen LogP contribution in [0.3, 0.4) is 0 Å². The fourth-order valence-electron chi connectivity index (χ4n) is 6.03. The summed E-state index contributed by atoms with van der Waals surface area (Å²) >= 11 is 5.89. The highest BCUT2D eigenvalue weighted by Crippen LogP contribution is 2.38. The standard InChI is InChI=1S/C37H37ClF3N3O4S/c1-26-12-8-9-15-28(26)24-43(34(22-27-13-4-2-5-14-27)36(46)42-29-16-10-11-17-29)35(45)25-44(49(47,48)31-18-6-3-7-19-31)30-20-21-33(38)32(23-30)37(39,40)41/h2-9,12-15,18-21,23,29,34H,10-11,16-17,22,24-25H2,1H3,(H,42,46)/t34-/m0/s1. The Morgan fingerprint density at radius 1 is 0.898 bits per heavy atom. The van der Waals surface area contributed by atoms with Crippen LogP contribution in [0.25, 0.3) is 0 Å². The van der Waals surface area contributed by atoms with Gasteiger partial charge in [0.05, 0.1) is 21.2 Å². The maximum absolute atomic E-state index is 14.6. The van der Waals surface area contributed by atoms with Crippen LogP contribution >= 0.6 is 11.6 Å². The highest BCUT2D eigenvalue weighted by molar-refractivity contribution is 7.92. The molecule has 2 amide bonds. The minimum Gasteiger partial charge on any atom is -0.352 e. The number of halogens is 4. The fraction of sp³-hybridized carbons (Fsp3) is 0.297. The predicted octanol–water partition coefficient (Wildman–Crippen LogP) is 7.56. The van der Waals surface area contributed by atoms with E-state index in [9.17, 15) is 31.2 Å². The third kappa shape index (κ3) is 8.82. The number of hydrogen-bond donors (Lipinski definition) is 1. The molecule has 1 fully saturated rings. The molecule has 1 atom stereocenters. The minimum absolute atomic E-state index is 0.0469. The number of sulfonamides is 1. The van der Waals surface area contributed by atoms with Crippen molar-refractivity contribution in [2.75, 3.05) is 10.8 Å². The molecule has 0 bridgehead atoms. The van der Waals surface area contributed by atoms with Gasteiger partial charge in [0.1, 0.15) is 12.6 Å². The average molecular weight is 712 g/mol. The number of amides is 2. The Hall–Kier alpha value is -4.35. The van der Waals surface area contributed by atoms with Gasteiger partial charge in [-0.1, -0.05) is 97.2 Å². The van der Waals surface area contributed by atoms with E-state index in [0.29, 0.717) is 10.4 Å². The van der Waals surface area contributed by atoms with Gasteiger partial charge in [-0.3, -0.25) is 13.9 Å². The summed E-state index contributed by atoms with van der Waals surface area (Å²) in [5, 5.41) is 2.48. The summed E-state index contributed by atoms with van der Waals surface area (Å²) in [4.78, 5) is 29.9. The van der Waals surface area contributed by atoms with E-state index in [1.165, 1.54) is 29.2 Å². The predicted molar refractivity (Wildman–Crippen MR) is 183 cm³/mol.